The van der Waals surface area contributed by atoms with Crippen molar-refractivity contribution < 1.29 is 13.9 Å². The average molecular weight is 313 g/mol. The summed E-state index contributed by atoms with van der Waals surface area (Å²) in [5.41, 5.74) is 1.32. The molecule has 0 saturated heterocycles. The van der Waals surface area contributed by atoms with Crippen LogP contribution in [0.3, 0.4) is 0 Å². The van der Waals surface area contributed by atoms with Crippen molar-refractivity contribution in [2.45, 2.75) is 13.0 Å². The SMILES string of the molecule is O=C(CCOc1ccccc1)NCc1cn2cc(F)ccc2n1. The van der Waals surface area contributed by atoms with Crippen LogP contribution in [0.4, 0.5) is 4.39 Å². The van der Waals surface area contributed by atoms with E-state index in [1.54, 1.807) is 16.7 Å². The predicted octanol–water partition coefficient (Wildman–Crippen LogP) is 2.56. The van der Waals surface area contributed by atoms with Crippen molar-refractivity contribution >= 4 is 11.6 Å². The minimum atomic E-state index is -0.330. The second kappa shape index (κ2) is 6.91. The van der Waals surface area contributed by atoms with Crippen molar-refractivity contribution in [2.75, 3.05) is 6.61 Å². The normalized spacial score (nSPS) is 10.7. The summed E-state index contributed by atoms with van der Waals surface area (Å²) in [4.78, 5) is 16.1. The van der Waals surface area contributed by atoms with E-state index in [4.69, 9.17) is 4.74 Å². The van der Waals surface area contributed by atoms with E-state index in [1.165, 1.54) is 12.3 Å². The van der Waals surface area contributed by atoms with Gasteiger partial charge in [-0.3, -0.25) is 4.79 Å². The van der Waals surface area contributed by atoms with Gasteiger partial charge in [-0.25, -0.2) is 9.37 Å². The van der Waals surface area contributed by atoms with E-state index in [0.29, 0.717) is 24.5 Å². The molecule has 0 atom stereocenters. The van der Waals surface area contributed by atoms with E-state index in [-0.39, 0.29) is 18.1 Å². The summed E-state index contributed by atoms with van der Waals surface area (Å²) in [6.07, 6.45) is 3.30. The lowest BCUT2D eigenvalue weighted by Crippen LogP contribution is -2.24. The number of imidazole rings is 1. The number of fused-ring (bicyclic) bond motifs is 1. The summed E-state index contributed by atoms with van der Waals surface area (Å²) in [7, 11) is 0. The minimum absolute atomic E-state index is 0.121. The number of nitrogens with one attached hydrogen (secondary N) is 1. The second-order valence-corrected chi connectivity index (χ2v) is 5.03. The first-order chi connectivity index (χ1) is 11.2. The van der Waals surface area contributed by atoms with E-state index in [2.05, 4.69) is 10.3 Å². The third kappa shape index (κ3) is 4.06. The van der Waals surface area contributed by atoms with Gasteiger partial charge in [0.2, 0.25) is 5.91 Å². The molecule has 23 heavy (non-hydrogen) atoms. The van der Waals surface area contributed by atoms with E-state index in [1.807, 2.05) is 30.3 Å². The van der Waals surface area contributed by atoms with Gasteiger partial charge in [-0.05, 0) is 24.3 Å². The summed E-state index contributed by atoms with van der Waals surface area (Å²) in [6.45, 7) is 0.611. The van der Waals surface area contributed by atoms with Crippen LogP contribution in [0.5, 0.6) is 5.75 Å². The molecule has 0 spiro atoms. The largest absolute Gasteiger partial charge is 0.493 e. The minimum Gasteiger partial charge on any atom is -0.493 e. The fraction of sp³-hybridized carbons (Fsp3) is 0.176. The zero-order valence-electron chi connectivity index (χ0n) is 12.4. The van der Waals surface area contributed by atoms with Gasteiger partial charge in [0, 0.05) is 12.4 Å². The average Bonchev–Trinajstić information content (AvgIpc) is 2.96. The van der Waals surface area contributed by atoms with Crippen molar-refractivity contribution in [3.8, 4) is 5.75 Å². The number of ether oxygens (including phenoxy) is 1. The fourth-order valence-corrected chi connectivity index (χ4v) is 2.16. The molecule has 0 bridgehead atoms. The van der Waals surface area contributed by atoms with Crippen LogP contribution < -0.4 is 10.1 Å². The standard InChI is InChI=1S/C17H16FN3O2/c18-13-6-7-16-20-14(12-21(16)11-13)10-19-17(22)8-9-23-15-4-2-1-3-5-15/h1-7,11-12H,8-10H2,(H,19,22). The Morgan fingerprint density at radius 2 is 2.00 bits per heavy atom. The van der Waals surface area contributed by atoms with Crippen molar-refractivity contribution in [3.05, 3.63) is 66.4 Å². The molecule has 1 aromatic carbocycles. The van der Waals surface area contributed by atoms with Gasteiger partial charge in [0.15, 0.2) is 0 Å². The van der Waals surface area contributed by atoms with Crippen LogP contribution in [-0.4, -0.2) is 21.9 Å². The number of benzene rings is 1. The molecule has 0 aliphatic heterocycles. The quantitative estimate of drug-likeness (QED) is 0.761. The van der Waals surface area contributed by atoms with Crippen molar-refractivity contribution in [3.63, 3.8) is 0 Å². The van der Waals surface area contributed by atoms with Crippen LogP contribution in [0.15, 0.2) is 54.9 Å². The molecule has 6 heteroatoms. The molecule has 5 nitrogen and oxygen atoms in total. The van der Waals surface area contributed by atoms with Crippen molar-refractivity contribution in [1.82, 2.24) is 14.7 Å². The summed E-state index contributed by atoms with van der Waals surface area (Å²) in [5.74, 6) is 0.287. The van der Waals surface area contributed by atoms with E-state index < -0.39 is 0 Å². The van der Waals surface area contributed by atoms with Gasteiger partial charge in [0.1, 0.15) is 17.2 Å². The molecule has 0 radical (unpaired) electrons. The number of rotatable bonds is 6. The number of aromatic nitrogens is 2. The molecule has 2 aromatic heterocycles. The molecule has 0 fully saturated rings. The highest BCUT2D eigenvalue weighted by Crippen LogP contribution is 2.09. The maximum Gasteiger partial charge on any atom is 0.223 e. The number of nitrogens with zero attached hydrogens (tertiary/aromatic N) is 2. The summed E-state index contributed by atoms with van der Waals surface area (Å²) >= 11 is 0. The Morgan fingerprint density at radius 3 is 2.83 bits per heavy atom. The molecular formula is C17H16FN3O2. The smallest absolute Gasteiger partial charge is 0.223 e. The zero-order valence-corrected chi connectivity index (χ0v) is 12.4. The van der Waals surface area contributed by atoms with Gasteiger partial charge in [-0.1, -0.05) is 18.2 Å². The highest BCUT2D eigenvalue weighted by Gasteiger charge is 2.06. The molecule has 118 valence electrons. The highest BCUT2D eigenvalue weighted by atomic mass is 19.1. The van der Waals surface area contributed by atoms with E-state index >= 15 is 0 Å². The second-order valence-electron chi connectivity index (χ2n) is 5.03. The molecule has 0 unspecified atom stereocenters. The van der Waals surface area contributed by atoms with Crippen LogP contribution in [-0.2, 0) is 11.3 Å². The zero-order chi connectivity index (χ0) is 16.1. The number of para-hydroxylation sites is 1. The number of carbonyl (C=O) groups is 1. The van der Waals surface area contributed by atoms with Gasteiger partial charge in [-0.2, -0.15) is 0 Å². The first-order valence-electron chi connectivity index (χ1n) is 7.28. The lowest BCUT2D eigenvalue weighted by atomic mass is 10.3. The lowest BCUT2D eigenvalue weighted by molar-refractivity contribution is -0.121. The topological polar surface area (TPSA) is 55.6 Å². The number of hydrogen-bond acceptors (Lipinski definition) is 3. The Bertz CT molecular complexity index is 802. The van der Waals surface area contributed by atoms with E-state index in [9.17, 15) is 9.18 Å². The first kappa shape index (κ1) is 15.0. The number of carbonyl (C=O) groups excluding carboxylic acids is 1. The Labute approximate surface area is 132 Å². The third-order valence-corrected chi connectivity index (χ3v) is 3.27. The molecule has 1 N–H and O–H groups in total. The van der Waals surface area contributed by atoms with Gasteiger partial charge in [0.05, 0.1) is 25.3 Å². The van der Waals surface area contributed by atoms with Crippen LogP contribution in [0.25, 0.3) is 5.65 Å². The molecule has 3 rings (SSSR count). The number of pyridine rings is 1. The molecule has 0 saturated carbocycles. The Hall–Kier alpha value is -2.89. The van der Waals surface area contributed by atoms with Crippen molar-refractivity contribution in [2.24, 2.45) is 0 Å². The van der Waals surface area contributed by atoms with Gasteiger partial charge in [0.25, 0.3) is 0 Å². The summed E-state index contributed by atoms with van der Waals surface area (Å²) in [5, 5.41) is 2.77. The maximum atomic E-state index is 13.1. The Kier molecular flexibility index (Phi) is 4.52. The molecular weight excluding hydrogens is 297 g/mol. The summed E-state index contributed by atoms with van der Waals surface area (Å²) < 4.78 is 20.2. The van der Waals surface area contributed by atoms with Crippen LogP contribution in [0.2, 0.25) is 0 Å². The first-order valence-corrected chi connectivity index (χ1v) is 7.28. The number of amides is 1. The highest BCUT2D eigenvalue weighted by molar-refractivity contribution is 5.75. The Balaban J connectivity index is 1.46. The number of hydrogen-bond donors (Lipinski definition) is 1. The van der Waals surface area contributed by atoms with Crippen LogP contribution in [0.1, 0.15) is 12.1 Å². The van der Waals surface area contributed by atoms with Crippen LogP contribution >= 0.6 is 0 Å². The van der Waals surface area contributed by atoms with E-state index in [0.717, 1.165) is 5.75 Å². The fourth-order valence-electron chi connectivity index (χ4n) is 2.16. The molecule has 0 aliphatic carbocycles. The number of halogens is 1. The summed E-state index contributed by atoms with van der Waals surface area (Å²) in [6, 6.07) is 12.3. The predicted molar refractivity (Wildman–Crippen MR) is 83.6 cm³/mol. The monoisotopic (exact) mass is 313 g/mol. The molecule has 0 aliphatic rings. The Morgan fingerprint density at radius 1 is 1.17 bits per heavy atom. The maximum absolute atomic E-state index is 13.1. The molecule has 3 aromatic rings. The molecule has 2 heterocycles. The van der Waals surface area contributed by atoms with Gasteiger partial charge < -0.3 is 14.5 Å². The van der Waals surface area contributed by atoms with Gasteiger partial charge in [-0.15, -0.1) is 0 Å². The van der Waals surface area contributed by atoms with Crippen molar-refractivity contribution in [1.29, 1.82) is 0 Å². The van der Waals surface area contributed by atoms with Crippen LogP contribution in [0, 0.1) is 5.82 Å². The molecule has 1 amide bonds. The lowest BCUT2D eigenvalue weighted by Gasteiger charge is -2.06. The van der Waals surface area contributed by atoms with Gasteiger partial charge >= 0.3 is 0 Å². The third-order valence-electron chi connectivity index (χ3n) is 3.27.